The van der Waals surface area contributed by atoms with Gasteiger partial charge in [-0.15, -0.1) is 0 Å². The van der Waals surface area contributed by atoms with Crippen LogP contribution in [0.4, 0.5) is 0 Å². The van der Waals surface area contributed by atoms with Gasteiger partial charge in [-0.05, 0) is 126 Å². The van der Waals surface area contributed by atoms with Gasteiger partial charge in [-0.3, -0.25) is 9.98 Å². The largest absolute Gasteiger partial charge is 0.487 e. The maximum atomic E-state index is 6.96. The van der Waals surface area contributed by atoms with Crippen LogP contribution in [-0.4, -0.2) is 35.7 Å². The summed E-state index contributed by atoms with van der Waals surface area (Å²) in [6.45, 7) is 22.3. The number of fused-ring (bicyclic) bond motifs is 3. The van der Waals surface area contributed by atoms with E-state index in [4.69, 9.17) is 19.5 Å². The Morgan fingerprint density at radius 2 is 1.02 bits per heavy atom. The van der Waals surface area contributed by atoms with Gasteiger partial charge in [-0.25, -0.2) is 0 Å². The highest BCUT2D eigenvalue weighted by Gasteiger charge is 2.35. The lowest BCUT2D eigenvalue weighted by molar-refractivity contribution is 0.00417. The lowest BCUT2D eigenvalue weighted by Crippen LogP contribution is -2.41. The van der Waals surface area contributed by atoms with Crippen molar-refractivity contribution < 1.29 is 9.47 Å². The summed E-state index contributed by atoms with van der Waals surface area (Å²) in [6.07, 6.45) is 14.0. The third-order valence-electron chi connectivity index (χ3n) is 9.68. The Balaban J connectivity index is 1.87. The maximum Gasteiger partial charge on any atom is 0.131 e. The van der Waals surface area contributed by atoms with E-state index < -0.39 is 11.2 Å². The third kappa shape index (κ3) is 8.11. The van der Waals surface area contributed by atoms with Crippen LogP contribution in [0.15, 0.2) is 34.3 Å². The average molecular weight is 587 g/mol. The van der Waals surface area contributed by atoms with Crippen molar-refractivity contribution in [2.45, 2.75) is 162 Å². The minimum atomic E-state index is -0.460. The molecule has 43 heavy (non-hydrogen) atoms. The second-order valence-electron chi connectivity index (χ2n) is 14.4. The zero-order valence-electron chi connectivity index (χ0n) is 28.8. The Bertz CT molecular complexity index is 1200. The highest BCUT2D eigenvalue weighted by atomic mass is 16.5. The molecule has 2 aromatic carbocycles. The van der Waals surface area contributed by atoms with Crippen LogP contribution in [0.2, 0.25) is 0 Å². The Labute approximate surface area is 262 Å². The maximum absolute atomic E-state index is 6.96. The molecule has 4 rings (SSSR count). The first-order valence-electron chi connectivity index (χ1n) is 17.1. The van der Waals surface area contributed by atoms with Crippen molar-refractivity contribution in [2.24, 2.45) is 9.98 Å². The van der Waals surface area contributed by atoms with E-state index in [2.05, 4.69) is 106 Å². The van der Waals surface area contributed by atoms with Gasteiger partial charge in [0.2, 0.25) is 0 Å². The number of aryl methyl sites for hydroxylation is 2. The molecule has 0 spiro atoms. The van der Waals surface area contributed by atoms with Gasteiger partial charge in [0.1, 0.15) is 22.7 Å². The second kappa shape index (κ2) is 14.0. The normalized spacial score (nSPS) is 23.2. The van der Waals surface area contributed by atoms with Gasteiger partial charge in [0.15, 0.2) is 0 Å². The summed E-state index contributed by atoms with van der Waals surface area (Å²) in [4.78, 5) is 10.5. The van der Waals surface area contributed by atoms with Crippen LogP contribution >= 0.6 is 0 Å². The smallest absolute Gasteiger partial charge is 0.131 e. The summed E-state index contributed by atoms with van der Waals surface area (Å²) in [5.41, 5.74) is 6.38. The molecule has 0 amide bonds. The van der Waals surface area contributed by atoms with Crippen LogP contribution in [0.1, 0.15) is 158 Å². The van der Waals surface area contributed by atoms with Crippen molar-refractivity contribution in [1.29, 1.82) is 0 Å². The van der Waals surface area contributed by atoms with E-state index in [0.717, 1.165) is 67.6 Å². The van der Waals surface area contributed by atoms with E-state index in [9.17, 15) is 0 Å². The summed E-state index contributed by atoms with van der Waals surface area (Å²) in [5.74, 6) is 2.95. The topological polar surface area (TPSA) is 43.2 Å². The van der Waals surface area contributed by atoms with Crippen LogP contribution in [-0.2, 0) is 0 Å². The van der Waals surface area contributed by atoms with Crippen molar-refractivity contribution in [3.8, 4) is 11.5 Å². The van der Waals surface area contributed by atoms with Crippen molar-refractivity contribution in [3.63, 3.8) is 0 Å². The molecular formula is C39H58N2O2. The zero-order chi connectivity index (χ0) is 31.4. The molecule has 4 heteroatoms. The second-order valence-corrected chi connectivity index (χ2v) is 14.4. The van der Waals surface area contributed by atoms with E-state index in [1.54, 1.807) is 0 Å². The lowest BCUT2D eigenvalue weighted by atomic mass is 9.89. The highest BCUT2D eigenvalue weighted by molar-refractivity contribution is 5.86. The summed E-state index contributed by atoms with van der Waals surface area (Å²) in [5, 5.41) is 0. The van der Waals surface area contributed by atoms with Crippen LogP contribution in [0.3, 0.4) is 0 Å². The van der Waals surface area contributed by atoms with Gasteiger partial charge < -0.3 is 9.47 Å². The standard InChI is InChI=1S/C39H58N2O2/c1-11-28(12-2)30-19-26(5)36-32(21-30)23-40-34-17-15-16-18-35(34)41-24-33-22-31(29(13-3)14-4)20-27(6)37(33)43-39(9,10)25-38(7,8)42-36/h19-24,28-29,34-35H,11-18,25H2,1-10H3/b40-23+,41-24+. The summed E-state index contributed by atoms with van der Waals surface area (Å²) in [6, 6.07) is 9.66. The molecule has 0 N–H and O–H groups in total. The summed E-state index contributed by atoms with van der Waals surface area (Å²) < 4.78 is 13.9. The number of rotatable bonds is 6. The molecule has 1 fully saturated rings. The molecule has 236 valence electrons. The molecule has 1 heterocycles. The molecule has 0 aromatic heterocycles. The first kappa shape index (κ1) is 33.3. The van der Waals surface area contributed by atoms with Crippen molar-refractivity contribution in [3.05, 3.63) is 57.6 Å². The van der Waals surface area contributed by atoms with Gasteiger partial charge >= 0.3 is 0 Å². The van der Waals surface area contributed by atoms with Crippen LogP contribution in [0.25, 0.3) is 0 Å². The highest BCUT2D eigenvalue weighted by Crippen LogP contribution is 2.39. The third-order valence-corrected chi connectivity index (χ3v) is 9.68. The quantitative estimate of drug-likeness (QED) is 0.338. The lowest BCUT2D eigenvalue weighted by Gasteiger charge is -2.37. The Kier molecular flexibility index (Phi) is 10.8. The van der Waals surface area contributed by atoms with Crippen molar-refractivity contribution in [2.75, 3.05) is 0 Å². The van der Waals surface area contributed by atoms with Crippen molar-refractivity contribution >= 4 is 12.4 Å². The number of hydrogen-bond acceptors (Lipinski definition) is 4. The predicted molar refractivity (Wildman–Crippen MR) is 184 cm³/mol. The van der Waals surface area contributed by atoms with Crippen LogP contribution in [0, 0.1) is 13.8 Å². The predicted octanol–water partition coefficient (Wildman–Crippen LogP) is 10.7. The number of aliphatic imine (C=N–C) groups is 2. The van der Waals surface area contributed by atoms with Gasteiger partial charge in [0.25, 0.3) is 0 Å². The number of hydrogen-bond donors (Lipinski definition) is 0. The Morgan fingerprint density at radius 3 is 1.37 bits per heavy atom. The molecule has 0 bridgehead atoms. The van der Waals surface area contributed by atoms with Crippen molar-refractivity contribution in [1.82, 2.24) is 0 Å². The molecule has 2 aromatic rings. The summed E-state index contributed by atoms with van der Waals surface area (Å²) >= 11 is 0. The number of nitrogens with zero attached hydrogens (tertiary/aromatic N) is 2. The summed E-state index contributed by atoms with van der Waals surface area (Å²) in [7, 11) is 0. The zero-order valence-corrected chi connectivity index (χ0v) is 28.8. The van der Waals surface area contributed by atoms with E-state index in [0.29, 0.717) is 11.8 Å². The number of ether oxygens (including phenoxy) is 2. The minimum absolute atomic E-state index is 0.164. The molecule has 0 saturated heterocycles. The average Bonchev–Trinajstić information content (AvgIpc) is 2.94. The first-order chi connectivity index (χ1) is 20.4. The monoisotopic (exact) mass is 586 g/mol. The van der Waals surface area contributed by atoms with E-state index in [-0.39, 0.29) is 12.1 Å². The molecule has 2 aliphatic rings. The molecule has 0 radical (unpaired) electrons. The Hall–Kier alpha value is -2.62. The van der Waals surface area contributed by atoms with Crippen LogP contribution < -0.4 is 9.47 Å². The number of benzene rings is 2. The molecule has 1 aliphatic carbocycles. The molecular weight excluding hydrogens is 528 g/mol. The van der Waals surface area contributed by atoms with Gasteiger partial charge in [-0.2, -0.15) is 0 Å². The van der Waals surface area contributed by atoms with E-state index in [1.807, 2.05) is 0 Å². The van der Waals surface area contributed by atoms with Crippen LogP contribution in [0.5, 0.6) is 11.5 Å². The molecule has 1 aliphatic heterocycles. The Morgan fingerprint density at radius 1 is 0.651 bits per heavy atom. The van der Waals surface area contributed by atoms with Gasteiger partial charge in [-0.1, -0.05) is 52.7 Å². The van der Waals surface area contributed by atoms with E-state index in [1.165, 1.54) is 35.1 Å². The van der Waals surface area contributed by atoms with Gasteiger partial charge in [0, 0.05) is 30.0 Å². The van der Waals surface area contributed by atoms with Gasteiger partial charge in [0.05, 0.1) is 12.1 Å². The SMILES string of the molecule is CCC(CC)c1cc(C)c2c(c1)/C=N/C1CCCCC1/N=C/c1cc(C(CC)CC)cc(C)c1OC(C)(C)CC(C)(C)O2. The minimum Gasteiger partial charge on any atom is -0.487 e. The fourth-order valence-electron chi connectivity index (χ4n) is 7.56. The van der Waals surface area contributed by atoms with E-state index >= 15 is 0 Å². The molecule has 2 atom stereocenters. The fraction of sp³-hybridized carbons (Fsp3) is 0.641. The molecule has 2 unspecified atom stereocenters. The fourth-order valence-corrected chi connectivity index (χ4v) is 7.56. The molecule has 1 saturated carbocycles. The first-order valence-corrected chi connectivity index (χ1v) is 17.1. The molecule has 4 nitrogen and oxygen atoms in total.